The second kappa shape index (κ2) is 31.9. The normalized spacial score (nSPS) is 21.8. The Bertz CT molecular complexity index is 2300. The Morgan fingerprint density at radius 2 is 0.878 bits per heavy atom. The summed E-state index contributed by atoms with van der Waals surface area (Å²) in [5, 5.41) is 0. The molecule has 2 fully saturated rings. The van der Waals surface area contributed by atoms with Gasteiger partial charge in [-0.1, -0.05) is 179 Å². The zero-order valence-electron chi connectivity index (χ0n) is 47.2. The van der Waals surface area contributed by atoms with Crippen LogP contribution in [-0.2, 0) is 47.7 Å². The van der Waals surface area contributed by atoms with Gasteiger partial charge in [0.05, 0.1) is 38.9 Å². The molecule has 4 aliphatic carbocycles. The third kappa shape index (κ3) is 22.9. The van der Waals surface area contributed by atoms with Crippen LogP contribution in [-0.4, -0.2) is 60.9 Å². The van der Waals surface area contributed by atoms with E-state index in [1.165, 1.54) is 49.7 Å². The van der Waals surface area contributed by atoms with Gasteiger partial charge in [0.25, 0.3) is 0 Å². The molecule has 0 amide bonds. The lowest BCUT2D eigenvalue weighted by Gasteiger charge is -2.36. The van der Waals surface area contributed by atoms with Gasteiger partial charge < -0.3 is 18.9 Å². The fraction of sp³-hybridized carbons (Fsp3) is 0.562. The number of carbonyl (C=O) groups is 6. The lowest BCUT2D eigenvalue weighted by molar-refractivity contribution is -0.158. The number of hydrogen-bond acceptors (Lipinski definition) is 10. The molecule has 10 heteroatoms. The van der Waals surface area contributed by atoms with Gasteiger partial charge in [-0.15, -0.1) is 0 Å². The molecular formula is C64H90O10. The molecule has 0 bridgehead atoms. The third-order valence-corrected chi connectivity index (χ3v) is 14.7. The zero-order valence-corrected chi connectivity index (χ0v) is 47.2. The maximum atomic E-state index is 13.2. The fourth-order valence-corrected chi connectivity index (χ4v) is 9.67. The summed E-state index contributed by atoms with van der Waals surface area (Å²) in [5.41, 5.74) is 7.26. The van der Waals surface area contributed by atoms with Crippen molar-refractivity contribution in [1.82, 2.24) is 0 Å². The van der Waals surface area contributed by atoms with Crippen LogP contribution in [0, 0.1) is 22.7 Å². The van der Waals surface area contributed by atoms with Crippen molar-refractivity contribution in [3.05, 3.63) is 130 Å². The first-order valence-electron chi connectivity index (χ1n) is 27.2. The SMILES string of the molecule is C/C=C/C(C)=C/C=C/C(C)=C/C=C/C=C(C)/C=C/C=C(C)/C=C/C1=C(C)C(=O)C(OC(=O)CCC(=O)OCC2CCCCC2)CC1(C)C.CC1=C(C)C(C)(C)CC(OC(=O)CCC(=O)OCC2CCCCC2)C1=O. The van der Waals surface area contributed by atoms with E-state index in [-0.39, 0.29) is 60.0 Å². The first-order valence-corrected chi connectivity index (χ1v) is 27.2. The summed E-state index contributed by atoms with van der Waals surface area (Å²) in [6.07, 6.45) is 39.5. The third-order valence-electron chi connectivity index (χ3n) is 14.7. The number of ether oxygens (including phenoxy) is 4. The van der Waals surface area contributed by atoms with Gasteiger partial charge in [0.2, 0.25) is 0 Å². The van der Waals surface area contributed by atoms with Gasteiger partial charge >= 0.3 is 23.9 Å². The van der Waals surface area contributed by atoms with Crippen molar-refractivity contribution >= 4 is 35.4 Å². The number of allylic oxidation sites excluding steroid dienone is 20. The zero-order chi connectivity index (χ0) is 54.8. The number of rotatable bonds is 21. The quantitative estimate of drug-likeness (QED) is 0.0620. The molecule has 0 aromatic carbocycles. The Morgan fingerprint density at radius 1 is 0.500 bits per heavy atom. The highest BCUT2D eigenvalue weighted by atomic mass is 16.6. The summed E-state index contributed by atoms with van der Waals surface area (Å²) in [6, 6.07) is 0. The molecule has 4 aliphatic rings. The summed E-state index contributed by atoms with van der Waals surface area (Å²) in [7, 11) is 0. The second-order valence-electron chi connectivity index (χ2n) is 22.1. The van der Waals surface area contributed by atoms with Gasteiger partial charge in [0.15, 0.2) is 23.8 Å². The van der Waals surface area contributed by atoms with E-state index in [9.17, 15) is 28.8 Å². The van der Waals surface area contributed by atoms with Crippen LogP contribution in [0.25, 0.3) is 0 Å². The van der Waals surface area contributed by atoms with Crippen molar-refractivity contribution in [3.8, 4) is 0 Å². The first-order chi connectivity index (χ1) is 35.0. The van der Waals surface area contributed by atoms with Crippen LogP contribution < -0.4 is 0 Å². The van der Waals surface area contributed by atoms with Crippen LogP contribution in [0.3, 0.4) is 0 Å². The van der Waals surface area contributed by atoms with Crippen molar-refractivity contribution in [2.75, 3.05) is 13.2 Å². The molecular weight excluding hydrogens is 929 g/mol. The summed E-state index contributed by atoms with van der Waals surface area (Å²) in [6.45, 7) is 24.9. The van der Waals surface area contributed by atoms with E-state index in [0.717, 1.165) is 48.0 Å². The molecule has 0 saturated heterocycles. The highest BCUT2D eigenvalue weighted by molar-refractivity contribution is 6.02. The van der Waals surface area contributed by atoms with Crippen molar-refractivity contribution in [1.29, 1.82) is 0 Å². The predicted molar refractivity (Wildman–Crippen MR) is 298 cm³/mol. The molecule has 0 heterocycles. The smallest absolute Gasteiger partial charge is 0.307 e. The molecule has 0 spiro atoms. The number of hydrogen-bond donors (Lipinski definition) is 0. The van der Waals surface area contributed by atoms with Gasteiger partial charge in [0.1, 0.15) is 0 Å². The average Bonchev–Trinajstić information content (AvgIpc) is 3.36. The molecule has 2 unspecified atom stereocenters. The van der Waals surface area contributed by atoms with Gasteiger partial charge in [0, 0.05) is 12.8 Å². The lowest BCUT2D eigenvalue weighted by atomic mass is 9.71. The molecule has 4 rings (SSSR count). The minimum absolute atomic E-state index is 0.00368. The Labute approximate surface area is 445 Å². The fourth-order valence-electron chi connectivity index (χ4n) is 9.67. The minimum atomic E-state index is -0.850. The summed E-state index contributed by atoms with van der Waals surface area (Å²) in [4.78, 5) is 74.2. The maximum absolute atomic E-state index is 13.2. The Morgan fingerprint density at radius 3 is 1.32 bits per heavy atom. The van der Waals surface area contributed by atoms with E-state index >= 15 is 0 Å². The van der Waals surface area contributed by atoms with Crippen LogP contribution in [0.5, 0.6) is 0 Å². The number of Topliss-reactive ketones (excluding diaryl/α,β-unsaturated/α-hetero) is 2. The molecule has 0 aromatic rings. The topological polar surface area (TPSA) is 139 Å². The van der Waals surface area contributed by atoms with Crippen LogP contribution in [0.4, 0.5) is 0 Å². The summed E-state index contributed by atoms with van der Waals surface area (Å²) in [5.74, 6) is -1.24. The summed E-state index contributed by atoms with van der Waals surface area (Å²) >= 11 is 0. The van der Waals surface area contributed by atoms with E-state index < -0.39 is 24.1 Å². The van der Waals surface area contributed by atoms with Crippen molar-refractivity contribution in [2.45, 2.75) is 198 Å². The number of ketones is 2. The van der Waals surface area contributed by atoms with Crippen LogP contribution in [0.2, 0.25) is 0 Å². The molecule has 10 nitrogen and oxygen atoms in total. The minimum Gasteiger partial charge on any atom is -0.465 e. The molecule has 74 heavy (non-hydrogen) atoms. The summed E-state index contributed by atoms with van der Waals surface area (Å²) < 4.78 is 21.6. The standard InChI is InChI=1S/C43H58O5.C21H32O5/c1-9-17-32(2)20-15-21-33(3)18-13-14-19-34(4)22-16-23-35(5)26-27-38-36(6)42(46)39(30-43(38,7)8)48-41(45)29-28-40(44)47-31-37-24-11-10-12-25-37;1-14-15(2)21(3,4)12-17(20(14)24)26-19(23)11-10-18(22)25-13-16-8-6-5-7-9-16/h9,13-23,26-27,37,39H,10-12,24-25,28-31H2,1-8H3;16-17H,5-13H2,1-4H3/b14-13+,17-9+,21-15+,22-16+,27-26+,32-20+,33-18+,34-19+,35-23+;. The van der Waals surface area contributed by atoms with Crippen molar-refractivity contribution in [3.63, 3.8) is 0 Å². The van der Waals surface area contributed by atoms with Gasteiger partial charge in [-0.2, -0.15) is 0 Å². The van der Waals surface area contributed by atoms with E-state index in [1.54, 1.807) is 13.8 Å². The molecule has 2 atom stereocenters. The largest absolute Gasteiger partial charge is 0.465 e. The number of esters is 4. The average molecular weight is 1020 g/mol. The molecule has 2 saturated carbocycles. The highest BCUT2D eigenvalue weighted by Crippen LogP contribution is 2.41. The van der Waals surface area contributed by atoms with E-state index in [4.69, 9.17) is 18.9 Å². The van der Waals surface area contributed by atoms with E-state index in [1.807, 2.05) is 77.2 Å². The van der Waals surface area contributed by atoms with Crippen LogP contribution in [0.15, 0.2) is 130 Å². The van der Waals surface area contributed by atoms with Crippen LogP contribution >= 0.6 is 0 Å². The van der Waals surface area contributed by atoms with E-state index in [0.29, 0.717) is 49.0 Å². The van der Waals surface area contributed by atoms with Crippen molar-refractivity contribution < 1.29 is 47.7 Å². The first kappa shape index (κ1) is 62.7. The van der Waals surface area contributed by atoms with Gasteiger partial charge in [-0.3, -0.25) is 28.8 Å². The van der Waals surface area contributed by atoms with Crippen LogP contribution in [0.1, 0.15) is 186 Å². The van der Waals surface area contributed by atoms with Crippen molar-refractivity contribution in [2.24, 2.45) is 22.7 Å². The molecule has 0 aliphatic heterocycles. The maximum Gasteiger partial charge on any atom is 0.307 e. The van der Waals surface area contributed by atoms with Gasteiger partial charge in [-0.25, -0.2) is 0 Å². The Hall–Kier alpha value is -5.64. The second-order valence-corrected chi connectivity index (χ2v) is 22.1. The molecule has 0 radical (unpaired) electrons. The number of carbonyl (C=O) groups excluding carboxylic acids is 6. The molecule has 0 aromatic heterocycles. The highest BCUT2D eigenvalue weighted by Gasteiger charge is 2.41. The Balaban J connectivity index is 0.000000465. The lowest BCUT2D eigenvalue weighted by Crippen LogP contribution is -2.39. The molecule has 406 valence electrons. The van der Waals surface area contributed by atoms with Gasteiger partial charge in [-0.05, 0) is 120 Å². The van der Waals surface area contributed by atoms with E-state index in [2.05, 4.69) is 77.2 Å². The molecule has 0 N–H and O–H groups in total. The monoisotopic (exact) mass is 1020 g/mol. The Kier molecular flexibility index (Phi) is 27.0. The predicted octanol–water partition coefficient (Wildman–Crippen LogP) is 14.8.